The number of rotatable bonds is 3. The van der Waals surface area contributed by atoms with Gasteiger partial charge in [-0.05, 0) is 6.92 Å². The Morgan fingerprint density at radius 2 is 1.73 bits per heavy atom. The van der Waals surface area contributed by atoms with Crippen molar-refractivity contribution in [3.05, 3.63) is 22.8 Å². The fourth-order valence-corrected chi connectivity index (χ4v) is 0.336. The Labute approximate surface area is 131 Å². The minimum absolute atomic E-state index is 0. The van der Waals surface area contributed by atoms with Gasteiger partial charge >= 0.3 is 63.9 Å². The molecule has 0 saturated heterocycles. The van der Waals surface area contributed by atoms with E-state index in [1.54, 1.807) is 6.92 Å². The molecule has 0 rings (SSSR count). The summed E-state index contributed by atoms with van der Waals surface area (Å²) in [5.41, 5.74) is 0. The molecule has 0 saturated carbocycles. The van der Waals surface area contributed by atoms with Crippen LogP contribution in [0, 0.1) is 13.1 Å². The maximum absolute atomic E-state index is 10.2. The normalized spacial score (nSPS) is 6.60. The van der Waals surface area contributed by atoms with Crippen LogP contribution in [0.3, 0.4) is 0 Å². The van der Waals surface area contributed by atoms with Crippen molar-refractivity contribution in [3.63, 3.8) is 0 Å². The Morgan fingerprint density at radius 3 is 1.93 bits per heavy atom. The summed E-state index contributed by atoms with van der Waals surface area (Å²) in [6.07, 6.45) is 0. The fraction of sp³-hybridized carbons (Fsp3) is 0.500. The molecule has 0 atom stereocenters. The second-order valence-corrected chi connectivity index (χ2v) is 1.81. The van der Waals surface area contributed by atoms with E-state index in [-0.39, 0.29) is 57.9 Å². The first kappa shape index (κ1) is 20.0. The molecule has 0 radical (unpaired) electrons. The van der Waals surface area contributed by atoms with E-state index in [0.29, 0.717) is 6.61 Å². The number of nitrogens with zero attached hydrogens (tertiary/aromatic N) is 2. The molecule has 0 aromatic heterocycles. The van der Waals surface area contributed by atoms with Crippen molar-refractivity contribution in [3.8, 4) is 0 Å². The number of hydrogen-bond donors (Lipinski definition) is 0. The first-order valence-electron chi connectivity index (χ1n) is 3.60. The van der Waals surface area contributed by atoms with Crippen molar-refractivity contribution < 1.29 is 70.8 Å². The predicted molar refractivity (Wildman–Crippen MR) is 44.6 cm³/mol. The van der Waals surface area contributed by atoms with Crippen LogP contribution in [0.5, 0.6) is 0 Å². The summed E-state index contributed by atoms with van der Waals surface area (Å²) in [6, 6.07) is 0. The number of carbonyl (C=O) groups excluding carboxylic acids is 2. The van der Waals surface area contributed by atoms with Crippen molar-refractivity contribution >= 4 is 11.9 Å². The SMILES string of the molecule is [C-]#[N+]CC(=O)OCC.[C-]#[N+]CC(=O)[O-].[K+]. The second kappa shape index (κ2) is 16.0. The van der Waals surface area contributed by atoms with E-state index >= 15 is 0 Å². The van der Waals surface area contributed by atoms with Gasteiger partial charge in [-0.2, -0.15) is 0 Å². The zero-order valence-electron chi connectivity index (χ0n) is 8.65. The summed E-state index contributed by atoms with van der Waals surface area (Å²) in [6.45, 7) is 13.6. The van der Waals surface area contributed by atoms with E-state index in [2.05, 4.69) is 14.4 Å². The number of carboxylic acids is 1. The van der Waals surface area contributed by atoms with Gasteiger partial charge in [0.15, 0.2) is 0 Å². The van der Waals surface area contributed by atoms with Crippen molar-refractivity contribution in [2.45, 2.75) is 6.92 Å². The van der Waals surface area contributed by atoms with Crippen LogP contribution in [-0.2, 0) is 14.3 Å². The van der Waals surface area contributed by atoms with Crippen LogP contribution in [0.25, 0.3) is 9.69 Å². The van der Waals surface area contributed by atoms with Crippen LogP contribution in [0.1, 0.15) is 6.92 Å². The minimum Gasteiger partial charge on any atom is -0.543 e. The molecule has 6 nitrogen and oxygen atoms in total. The summed E-state index contributed by atoms with van der Waals surface area (Å²) in [7, 11) is 0. The van der Waals surface area contributed by atoms with Gasteiger partial charge in [0, 0.05) is 0 Å². The van der Waals surface area contributed by atoms with E-state index in [0.717, 1.165) is 0 Å². The maximum atomic E-state index is 10.2. The molecular formula is C8H9KN2O4. The monoisotopic (exact) mass is 236 g/mol. The molecule has 0 aliphatic rings. The molecule has 0 aliphatic heterocycles. The standard InChI is InChI=1S/C5H7NO2.C3H3NO2.K/c1-3-8-5(7)4-6-2;1-4-2-3(5)6;/h3-4H2,1H3;2H2,(H,5,6);/q;;+1/p-1. The van der Waals surface area contributed by atoms with Gasteiger partial charge in [0.25, 0.3) is 6.54 Å². The van der Waals surface area contributed by atoms with Crippen molar-refractivity contribution in [2.24, 2.45) is 0 Å². The molecule has 0 aromatic carbocycles. The topological polar surface area (TPSA) is 75.2 Å². The van der Waals surface area contributed by atoms with E-state index < -0.39 is 18.5 Å². The molecule has 0 N–H and O–H groups in total. The quantitative estimate of drug-likeness (QED) is 0.285. The van der Waals surface area contributed by atoms with Gasteiger partial charge < -0.3 is 24.3 Å². The van der Waals surface area contributed by atoms with Crippen molar-refractivity contribution in [2.75, 3.05) is 19.7 Å². The molecule has 0 aliphatic carbocycles. The Bertz CT molecular complexity index is 267. The summed E-state index contributed by atoms with van der Waals surface area (Å²) < 4.78 is 4.43. The van der Waals surface area contributed by atoms with Crippen molar-refractivity contribution in [1.29, 1.82) is 0 Å². The third kappa shape index (κ3) is 24.7. The molecule has 76 valence electrons. The summed E-state index contributed by atoms with van der Waals surface area (Å²) in [5, 5.41) is 9.27. The maximum Gasteiger partial charge on any atom is 1.00 e. The Balaban J connectivity index is -0.000000187. The number of carboxylic acid groups (broad SMARTS) is 1. The van der Waals surface area contributed by atoms with Gasteiger partial charge in [0.1, 0.15) is 5.97 Å². The van der Waals surface area contributed by atoms with E-state index in [4.69, 9.17) is 13.1 Å². The molecule has 0 spiro atoms. The van der Waals surface area contributed by atoms with Crippen LogP contribution in [0.2, 0.25) is 0 Å². The zero-order valence-corrected chi connectivity index (χ0v) is 11.8. The van der Waals surface area contributed by atoms with Crippen LogP contribution < -0.4 is 56.5 Å². The van der Waals surface area contributed by atoms with Gasteiger partial charge in [0.05, 0.1) is 6.61 Å². The average molecular weight is 236 g/mol. The molecule has 0 fully saturated rings. The van der Waals surface area contributed by atoms with Crippen LogP contribution in [0.4, 0.5) is 0 Å². The Kier molecular flexibility index (Phi) is 21.4. The van der Waals surface area contributed by atoms with E-state index in [1.807, 2.05) is 0 Å². The molecule has 0 amide bonds. The number of aliphatic carboxylic acids is 1. The van der Waals surface area contributed by atoms with Gasteiger partial charge in [-0.15, -0.1) is 0 Å². The molecule has 0 heterocycles. The average Bonchev–Trinajstić information content (AvgIpc) is 2.05. The number of carbonyl (C=O) groups is 2. The number of ether oxygens (including phenoxy) is 1. The van der Waals surface area contributed by atoms with Gasteiger partial charge in [-0.3, -0.25) is 0 Å². The number of esters is 1. The Morgan fingerprint density at radius 1 is 1.27 bits per heavy atom. The third-order valence-corrected chi connectivity index (χ3v) is 0.722. The smallest absolute Gasteiger partial charge is 0.543 e. The van der Waals surface area contributed by atoms with Crippen molar-refractivity contribution in [1.82, 2.24) is 0 Å². The largest absolute Gasteiger partial charge is 1.00 e. The van der Waals surface area contributed by atoms with Crippen LogP contribution in [0.15, 0.2) is 0 Å². The minimum atomic E-state index is -1.31. The molecule has 0 bridgehead atoms. The molecule has 0 aromatic rings. The summed E-state index contributed by atoms with van der Waals surface area (Å²) in [4.78, 5) is 24.8. The van der Waals surface area contributed by atoms with Crippen LogP contribution in [-0.4, -0.2) is 31.6 Å². The Hall–Kier alpha value is -0.444. The zero-order chi connectivity index (χ0) is 11.4. The van der Waals surface area contributed by atoms with Gasteiger partial charge in [0.2, 0.25) is 0 Å². The second-order valence-electron chi connectivity index (χ2n) is 1.81. The summed E-state index contributed by atoms with van der Waals surface area (Å²) >= 11 is 0. The van der Waals surface area contributed by atoms with E-state index in [9.17, 15) is 14.7 Å². The van der Waals surface area contributed by atoms with Gasteiger partial charge in [-0.25, -0.2) is 17.9 Å². The molecule has 15 heavy (non-hydrogen) atoms. The van der Waals surface area contributed by atoms with E-state index in [1.165, 1.54) is 0 Å². The summed E-state index contributed by atoms with van der Waals surface area (Å²) in [5.74, 6) is -1.76. The molecular weight excluding hydrogens is 227 g/mol. The van der Waals surface area contributed by atoms with Crippen LogP contribution >= 0.6 is 0 Å². The first-order valence-corrected chi connectivity index (χ1v) is 3.60. The fourth-order valence-electron chi connectivity index (χ4n) is 0.336. The number of hydrogen-bond acceptors (Lipinski definition) is 4. The third-order valence-electron chi connectivity index (χ3n) is 0.722. The molecule has 7 heteroatoms. The molecule has 0 unspecified atom stereocenters. The first-order chi connectivity index (χ1) is 6.58. The predicted octanol–water partition coefficient (Wildman–Crippen LogP) is -3.87. The van der Waals surface area contributed by atoms with Gasteiger partial charge in [-0.1, -0.05) is 0 Å².